The van der Waals surface area contributed by atoms with Crippen molar-refractivity contribution in [3.05, 3.63) is 95.8 Å². The van der Waals surface area contributed by atoms with Crippen LogP contribution in [0.1, 0.15) is 17.5 Å². The molecule has 2 heterocycles. The number of hydrogen-bond donors (Lipinski definition) is 0. The Hall–Kier alpha value is -3.75. The highest BCUT2D eigenvalue weighted by Crippen LogP contribution is 2.36. The summed E-state index contributed by atoms with van der Waals surface area (Å²) in [6, 6.07) is 21.8. The maximum atomic E-state index is 14.9. The molecule has 0 aliphatic carbocycles. The molecule has 0 aromatic heterocycles. The van der Waals surface area contributed by atoms with Gasteiger partial charge in [0.2, 0.25) is 5.91 Å². The number of amides is 1. The first-order chi connectivity index (χ1) is 17.5. The van der Waals surface area contributed by atoms with Gasteiger partial charge in [0.15, 0.2) is 5.79 Å². The van der Waals surface area contributed by atoms with Gasteiger partial charge >= 0.3 is 5.97 Å². The van der Waals surface area contributed by atoms with Crippen LogP contribution in [0.5, 0.6) is 11.5 Å². The number of para-hydroxylation sites is 1. The quantitative estimate of drug-likeness (QED) is 0.460. The summed E-state index contributed by atoms with van der Waals surface area (Å²) in [5.74, 6) is -1.67. The average Bonchev–Trinajstić information content (AvgIpc) is 3.52. The zero-order valence-corrected chi connectivity index (χ0v) is 19.6. The van der Waals surface area contributed by atoms with E-state index in [2.05, 4.69) is 0 Å². The molecule has 3 aromatic carbocycles. The fourth-order valence-electron chi connectivity index (χ4n) is 4.47. The van der Waals surface area contributed by atoms with Gasteiger partial charge < -0.3 is 23.8 Å². The molecule has 36 heavy (non-hydrogen) atoms. The maximum Gasteiger partial charge on any atom is 0.329 e. The molecular formula is C28H26FNO6. The van der Waals surface area contributed by atoms with Crippen molar-refractivity contribution in [2.24, 2.45) is 0 Å². The molecule has 1 atom stereocenters. The van der Waals surface area contributed by atoms with Crippen molar-refractivity contribution in [1.82, 2.24) is 4.90 Å². The summed E-state index contributed by atoms with van der Waals surface area (Å²) in [5.41, 5.74) is 1.04. The van der Waals surface area contributed by atoms with Gasteiger partial charge in [0.1, 0.15) is 30.0 Å². The second kappa shape index (κ2) is 10.5. The molecule has 0 saturated carbocycles. The van der Waals surface area contributed by atoms with Crippen LogP contribution in [0.4, 0.5) is 4.39 Å². The number of carbonyl (C=O) groups excluding carboxylic acids is 2. The highest BCUT2D eigenvalue weighted by atomic mass is 19.1. The van der Waals surface area contributed by atoms with Gasteiger partial charge in [-0.25, -0.2) is 9.18 Å². The zero-order chi connectivity index (χ0) is 25.0. The van der Waals surface area contributed by atoms with E-state index in [4.69, 9.17) is 18.9 Å². The van der Waals surface area contributed by atoms with Crippen LogP contribution in [0.3, 0.4) is 0 Å². The predicted molar refractivity (Wildman–Crippen MR) is 128 cm³/mol. The summed E-state index contributed by atoms with van der Waals surface area (Å²) in [4.78, 5) is 27.7. The van der Waals surface area contributed by atoms with E-state index in [0.717, 1.165) is 5.56 Å². The van der Waals surface area contributed by atoms with Gasteiger partial charge in [-0.05, 0) is 29.3 Å². The minimum Gasteiger partial charge on any atom is -0.459 e. The molecule has 1 unspecified atom stereocenters. The summed E-state index contributed by atoms with van der Waals surface area (Å²) in [6.45, 7) is 0.925. The molecule has 0 radical (unpaired) electrons. The lowest BCUT2D eigenvalue weighted by molar-refractivity contribution is -0.155. The highest BCUT2D eigenvalue weighted by Gasteiger charge is 2.53. The van der Waals surface area contributed by atoms with Crippen molar-refractivity contribution < 1.29 is 32.9 Å². The molecule has 2 aliphatic heterocycles. The fraction of sp³-hybridized carbons (Fsp3) is 0.286. The van der Waals surface area contributed by atoms with Crippen molar-refractivity contribution in [3.63, 3.8) is 0 Å². The molecule has 1 amide bonds. The monoisotopic (exact) mass is 491 g/mol. The molecule has 3 aromatic rings. The van der Waals surface area contributed by atoms with Crippen molar-refractivity contribution >= 4 is 11.9 Å². The summed E-state index contributed by atoms with van der Waals surface area (Å²) in [7, 11) is 0. The number of halogens is 1. The van der Waals surface area contributed by atoms with E-state index >= 15 is 0 Å². The van der Waals surface area contributed by atoms with Crippen LogP contribution in [-0.2, 0) is 36.8 Å². The highest BCUT2D eigenvalue weighted by molar-refractivity contribution is 5.86. The Kier molecular flexibility index (Phi) is 6.97. The standard InChI is InChI=1S/C28H26FNO6/c29-24-16-23(36-22-9-5-2-6-10-22)12-11-21(24)15-26(31)30-19-28(34-13-14-35-28)17-25(30)27(32)33-18-20-7-3-1-4-8-20/h1-12,16,25H,13-15,17-19H2. The van der Waals surface area contributed by atoms with Crippen molar-refractivity contribution in [3.8, 4) is 11.5 Å². The van der Waals surface area contributed by atoms with Gasteiger partial charge in [0, 0.05) is 12.5 Å². The SMILES string of the molecule is O=C(OCc1ccccc1)C1CC2(CN1C(=O)Cc1ccc(Oc3ccccc3)cc1F)OCCO2. The van der Waals surface area contributed by atoms with E-state index in [1.165, 1.54) is 17.0 Å². The summed E-state index contributed by atoms with van der Waals surface area (Å²) < 4.78 is 37.6. The number of rotatable bonds is 7. The third kappa shape index (κ3) is 5.40. The molecule has 8 heteroatoms. The van der Waals surface area contributed by atoms with E-state index in [9.17, 15) is 14.0 Å². The molecule has 1 spiro atoms. The summed E-state index contributed by atoms with van der Waals surface area (Å²) in [5, 5.41) is 0. The molecule has 2 aliphatic rings. The lowest BCUT2D eigenvalue weighted by atomic mass is 10.1. The molecule has 0 N–H and O–H groups in total. The second-order valence-electron chi connectivity index (χ2n) is 8.79. The lowest BCUT2D eigenvalue weighted by Gasteiger charge is -2.24. The number of hydrogen-bond acceptors (Lipinski definition) is 6. The summed E-state index contributed by atoms with van der Waals surface area (Å²) in [6.07, 6.45) is -0.0608. The lowest BCUT2D eigenvalue weighted by Crippen LogP contribution is -2.43. The molecule has 2 saturated heterocycles. The first-order valence-electron chi connectivity index (χ1n) is 11.8. The number of carbonyl (C=O) groups is 2. The van der Waals surface area contributed by atoms with E-state index in [1.54, 1.807) is 18.2 Å². The Morgan fingerprint density at radius 2 is 1.64 bits per heavy atom. The van der Waals surface area contributed by atoms with Crippen LogP contribution in [-0.4, -0.2) is 48.4 Å². The Morgan fingerprint density at radius 1 is 0.944 bits per heavy atom. The van der Waals surface area contributed by atoms with Crippen molar-refractivity contribution in [1.29, 1.82) is 0 Å². The summed E-state index contributed by atoms with van der Waals surface area (Å²) >= 11 is 0. The Morgan fingerprint density at radius 3 is 2.33 bits per heavy atom. The number of nitrogens with zero attached hydrogens (tertiary/aromatic N) is 1. The van der Waals surface area contributed by atoms with E-state index < -0.39 is 29.5 Å². The second-order valence-corrected chi connectivity index (χ2v) is 8.79. The van der Waals surface area contributed by atoms with E-state index in [1.807, 2.05) is 48.5 Å². The molecular weight excluding hydrogens is 465 g/mol. The molecule has 186 valence electrons. The fourth-order valence-corrected chi connectivity index (χ4v) is 4.47. The van der Waals surface area contributed by atoms with Crippen LogP contribution in [0.15, 0.2) is 78.9 Å². The molecule has 5 rings (SSSR count). The number of esters is 1. The zero-order valence-electron chi connectivity index (χ0n) is 19.6. The Balaban J connectivity index is 1.28. The van der Waals surface area contributed by atoms with Gasteiger partial charge in [0.25, 0.3) is 0 Å². The van der Waals surface area contributed by atoms with Crippen molar-refractivity contribution in [2.75, 3.05) is 19.8 Å². The normalized spacial score (nSPS) is 18.4. The van der Waals surface area contributed by atoms with Gasteiger partial charge in [-0.2, -0.15) is 0 Å². The average molecular weight is 492 g/mol. The van der Waals surface area contributed by atoms with Gasteiger partial charge in [-0.3, -0.25) is 4.79 Å². The largest absolute Gasteiger partial charge is 0.459 e. The number of benzene rings is 3. The molecule has 2 fully saturated rings. The Labute approximate surface area is 208 Å². The minimum atomic E-state index is -1.04. The topological polar surface area (TPSA) is 74.3 Å². The smallest absolute Gasteiger partial charge is 0.329 e. The molecule has 7 nitrogen and oxygen atoms in total. The van der Waals surface area contributed by atoms with Crippen molar-refractivity contribution in [2.45, 2.75) is 31.3 Å². The van der Waals surface area contributed by atoms with Crippen LogP contribution in [0, 0.1) is 5.82 Å². The van der Waals surface area contributed by atoms with Crippen LogP contribution >= 0.6 is 0 Å². The number of ether oxygens (including phenoxy) is 4. The van der Waals surface area contributed by atoms with E-state index in [0.29, 0.717) is 24.7 Å². The predicted octanol–water partition coefficient (Wildman–Crippen LogP) is 4.25. The molecule has 0 bridgehead atoms. The maximum absolute atomic E-state index is 14.9. The third-order valence-corrected chi connectivity index (χ3v) is 6.27. The van der Waals surface area contributed by atoms with Gasteiger partial charge in [-0.15, -0.1) is 0 Å². The Bertz CT molecular complexity index is 1210. The minimum absolute atomic E-state index is 0.0771. The van der Waals surface area contributed by atoms with Crippen LogP contribution in [0.2, 0.25) is 0 Å². The van der Waals surface area contributed by atoms with Gasteiger partial charge in [0.05, 0.1) is 26.2 Å². The van der Waals surface area contributed by atoms with Crippen LogP contribution in [0.25, 0.3) is 0 Å². The van der Waals surface area contributed by atoms with Gasteiger partial charge in [-0.1, -0.05) is 54.6 Å². The number of likely N-dealkylation sites (tertiary alicyclic amines) is 1. The first-order valence-corrected chi connectivity index (χ1v) is 11.8. The third-order valence-electron chi connectivity index (χ3n) is 6.27. The first kappa shape index (κ1) is 24.0. The van der Waals surface area contributed by atoms with Crippen LogP contribution < -0.4 is 4.74 Å². The van der Waals surface area contributed by atoms with E-state index in [-0.39, 0.29) is 31.6 Å².